The molecule has 1 saturated carbocycles. The zero-order valence-electron chi connectivity index (χ0n) is 10.9. The van der Waals surface area contributed by atoms with Crippen molar-refractivity contribution in [3.63, 3.8) is 0 Å². The fourth-order valence-corrected chi connectivity index (χ4v) is 2.66. The molecule has 19 heavy (non-hydrogen) atoms. The summed E-state index contributed by atoms with van der Waals surface area (Å²) in [5.74, 6) is -1.81. The standard InChI is InChI=1S/C12H20F3NO2.ClH/c1-18-12(17)8(7-5-3-2-4-6-7)10(16)9(13)11(14)15;/h7-11H,2-6,16H2,1H3;1H. The van der Waals surface area contributed by atoms with Gasteiger partial charge in [0.2, 0.25) is 0 Å². The van der Waals surface area contributed by atoms with Crippen molar-refractivity contribution in [1.29, 1.82) is 0 Å². The van der Waals surface area contributed by atoms with Gasteiger partial charge in [0.1, 0.15) is 0 Å². The largest absolute Gasteiger partial charge is 0.469 e. The maximum atomic E-state index is 13.3. The number of methoxy groups -OCH3 is 1. The molecule has 114 valence electrons. The maximum Gasteiger partial charge on any atom is 0.310 e. The lowest BCUT2D eigenvalue weighted by Crippen LogP contribution is -2.49. The van der Waals surface area contributed by atoms with Crippen molar-refractivity contribution >= 4 is 18.4 Å². The number of ether oxygens (including phenoxy) is 1. The van der Waals surface area contributed by atoms with Crippen LogP contribution >= 0.6 is 12.4 Å². The maximum absolute atomic E-state index is 13.3. The van der Waals surface area contributed by atoms with Gasteiger partial charge in [-0.2, -0.15) is 0 Å². The van der Waals surface area contributed by atoms with E-state index >= 15 is 0 Å². The Bertz CT molecular complexity index is 276. The minimum Gasteiger partial charge on any atom is -0.469 e. The summed E-state index contributed by atoms with van der Waals surface area (Å²) in [4.78, 5) is 11.7. The molecule has 1 aliphatic rings. The van der Waals surface area contributed by atoms with E-state index in [4.69, 9.17) is 5.73 Å². The number of carbonyl (C=O) groups is 1. The molecule has 3 nitrogen and oxygen atoms in total. The molecule has 0 aromatic carbocycles. The first-order chi connectivity index (χ1) is 8.49. The molecule has 0 heterocycles. The fraction of sp³-hybridized carbons (Fsp3) is 0.917. The Labute approximate surface area is 117 Å². The molecule has 3 unspecified atom stereocenters. The average Bonchev–Trinajstić information content (AvgIpc) is 2.38. The number of hydrogen-bond donors (Lipinski definition) is 1. The highest BCUT2D eigenvalue weighted by molar-refractivity contribution is 5.85. The molecule has 0 saturated heterocycles. The van der Waals surface area contributed by atoms with Crippen LogP contribution in [0.15, 0.2) is 0 Å². The predicted molar refractivity (Wildman–Crippen MR) is 68.2 cm³/mol. The van der Waals surface area contributed by atoms with E-state index in [-0.39, 0.29) is 18.3 Å². The lowest BCUT2D eigenvalue weighted by atomic mass is 9.75. The number of alkyl halides is 3. The highest BCUT2D eigenvalue weighted by Crippen LogP contribution is 2.34. The Balaban J connectivity index is 0.00000324. The summed E-state index contributed by atoms with van der Waals surface area (Å²) >= 11 is 0. The van der Waals surface area contributed by atoms with E-state index in [2.05, 4.69) is 4.74 Å². The molecule has 0 aliphatic heterocycles. The zero-order chi connectivity index (χ0) is 13.7. The molecular weight excluding hydrogens is 283 g/mol. The number of nitrogens with two attached hydrogens (primary N) is 1. The second-order valence-electron chi connectivity index (χ2n) is 4.80. The van der Waals surface area contributed by atoms with Crippen LogP contribution in [0.5, 0.6) is 0 Å². The van der Waals surface area contributed by atoms with Gasteiger partial charge in [-0.3, -0.25) is 4.79 Å². The molecule has 1 aliphatic carbocycles. The first-order valence-electron chi connectivity index (χ1n) is 6.24. The van der Waals surface area contributed by atoms with Gasteiger partial charge in [0.15, 0.2) is 6.17 Å². The van der Waals surface area contributed by atoms with E-state index in [0.717, 1.165) is 19.3 Å². The number of hydrogen-bond acceptors (Lipinski definition) is 3. The SMILES string of the molecule is COC(=O)C(C1CCCCC1)C(N)C(F)C(F)F.Cl. The third-order valence-electron chi connectivity index (χ3n) is 3.65. The van der Waals surface area contributed by atoms with Crippen molar-refractivity contribution in [3.05, 3.63) is 0 Å². The van der Waals surface area contributed by atoms with E-state index in [1.807, 2.05) is 0 Å². The van der Waals surface area contributed by atoms with Crippen molar-refractivity contribution in [2.24, 2.45) is 17.6 Å². The summed E-state index contributed by atoms with van der Waals surface area (Å²) < 4.78 is 42.7. The minimum atomic E-state index is -3.17. The van der Waals surface area contributed by atoms with E-state index < -0.39 is 30.5 Å². The van der Waals surface area contributed by atoms with Crippen LogP contribution in [0.3, 0.4) is 0 Å². The number of rotatable bonds is 5. The Kier molecular flexibility index (Phi) is 8.41. The van der Waals surface area contributed by atoms with Gasteiger partial charge in [0, 0.05) is 0 Å². The van der Waals surface area contributed by atoms with Crippen molar-refractivity contribution in [2.45, 2.75) is 50.7 Å². The van der Waals surface area contributed by atoms with E-state index in [0.29, 0.717) is 12.8 Å². The molecule has 1 fully saturated rings. The summed E-state index contributed by atoms with van der Waals surface area (Å²) in [7, 11) is 1.17. The molecule has 0 aromatic heterocycles. The van der Waals surface area contributed by atoms with E-state index in [1.54, 1.807) is 0 Å². The van der Waals surface area contributed by atoms with Crippen LogP contribution in [0.2, 0.25) is 0 Å². The molecule has 0 spiro atoms. The van der Waals surface area contributed by atoms with Gasteiger partial charge in [-0.15, -0.1) is 12.4 Å². The highest BCUT2D eigenvalue weighted by Gasteiger charge is 2.41. The van der Waals surface area contributed by atoms with Gasteiger partial charge in [0.05, 0.1) is 19.1 Å². The van der Waals surface area contributed by atoms with E-state index in [9.17, 15) is 18.0 Å². The number of esters is 1. The van der Waals surface area contributed by atoms with E-state index in [1.165, 1.54) is 7.11 Å². The third-order valence-corrected chi connectivity index (χ3v) is 3.65. The molecule has 7 heteroatoms. The first kappa shape index (κ1) is 18.5. The van der Waals surface area contributed by atoms with Gasteiger partial charge >= 0.3 is 5.97 Å². The summed E-state index contributed by atoms with van der Waals surface area (Å²) in [5.41, 5.74) is 5.51. The summed E-state index contributed by atoms with van der Waals surface area (Å²) in [5, 5.41) is 0. The second-order valence-corrected chi connectivity index (χ2v) is 4.80. The molecule has 0 bridgehead atoms. The van der Waals surface area contributed by atoms with Crippen LogP contribution in [-0.4, -0.2) is 31.7 Å². The number of carbonyl (C=O) groups excluding carboxylic acids is 1. The number of halogens is 4. The predicted octanol–water partition coefficient (Wildman–Crippen LogP) is 2.71. The zero-order valence-corrected chi connectivity index (χ0v) is 11.7. The van der Waals surface area contributed by atoms with Crippen molar-refractivity contribution in [3.8, 4) is 0 Å². The lowest BCUT2D eigenvalue weighted by molar-refractivity contribution is -0.150. The van der Waals surface area contributed by atoms with Crippen molar-refractivity contribution in [1.82, 2.24) is 0 Å². The Hall–Kier alpha value is -0.490. The third kappa shape index (κ3) is 4.84. The van der Waals surface area contributed by atoms with Gasteiger partial charge in [0.25, 0.3) is 6.43 Å². The molecule has 0 aromatic rings. The molecule has 1 rings (SSSR count). The summed E-state index contributed by atoms with van der Waals surface area (Å²) in [6.07, 6.45) is -1.36. The van der Waals surface area contributed by atoms with Crippen molar-refractivity contribution < 1.29 is 22.7 Å². The molecular formula is C12H21ClF3NO2. The lowest BCUT2D eigenvalue weighted by Gasteiger charge is -2.33. The molecule has 0 amide bonds. The summed E-state index contributed by atoms with van der Waals surface area (Å²) in [6, 6.07) is -1.50. The fourth-order valence-electron chi connectivity index (χ4n) is 2.66. The minimum absolute atomic E-state index is 0. The van der Waals surface area contributed by atoms with Gasteiger partial charge in [-0.05, 0) is 18.8 Å². The summed E-state index contributed by atoms with van der Waals surface area (Å²) in [6.45, 7) is 0. The van der Waals surface area contributed by atoms with Crippen molar-refractivity contribution in [2.75, 3.05) is 7.11 Å². The Morgan fingerprint density at radius 3 is 2.16 bits per heavy atom. The first-order valence-corrected chi connectivity index (χ1v) is 6.24. The van der Waals surface area contributed by atoms with Gasteiger partial charge in [-0.25, -0.2) is 13.2 Å². The van der Waals surface area contributed by atoms with Crippen LogP contribution in [0.1, 0.15) is 32.1 Å². The normalized spacial score (nSPS) is 21.4. The highest BCUT2D eigenvalue weighted by atomic mass is 35.5. The molecule has 0 radical (unpaired) electrons. The topological polar surface area (TPSA) is 52.3 Å². The molecule has 3 atom stereocenters. The van der Waals surface area contributed by atoms with Crippen LogP contribution in [0.25, 0.3) is 0 Å². The van der Waals surface area contributed by atoms with Crippen LogP contribution in [0.4, 0.5) is 13.2 Å². The second kappa shape index (κ2) is 8.64. The quantitative estimate of drug-likeness (QED) is 0.795. The van der Waals surface area contributed by atoms with Gasteiger partial charge in [-0.1, -0.05) is 19.3 Å². The van der Waals surface area contributed by atoms with Crippen LogP contribution in [0, 0.1) is 11.8 Å². The van der Waals surface area contributed by atoms with Gasteiger partial charge < -0.3 is 10.5 Å². The van der Waals surface area contributed by atoms with Crippen LogP contribution in [-0.2, 0) is 9.53 Å². The van der Waals surface area contributed by atoms with Crippen LogP contribution < -0.4 is 5.73 Å². The monoisotopic (exact) mass is 303 g/mol. The Morgan fingerprint density at radius 2 is 1.74 bits per heavy atom. The Morgan fingerprint density at radius 1 is 1.21 bits per heavy atom. The smallest absolute Gasteiger partial charge is 0.310 e. The molecule has 2 N–H and O–H groups in total. The average molecular weight is 304 g/mol.